The third-order valence-corrected chi connectivity index (χ3v) is 8.60. The number of carbonyl (C=O) groups excluding carboxylic acids is 1. The standard InChI is InChI=1S/C31H43N7O3/c1-21-18-38(15-14-37(21)19-22-8-12-36(13-9-22)29(39)41-30(2,3)4)27-17-26(32-20-33-27)28-24-16-23(40-31(5)10-11-31)6-7-25(24)34-35-28/h6-7,16-17,20-22H,8-15,18-19H2,1-5H3,(H,34,35). The third kappa shape index (κ3) is 6.42. The van der Waals surface area contributed by atoms with E-state index >= 15 is 0 Å². The van der Waals surface area contributed by atoms with Crippen molar-refractivity contribution in [1.29, 1.82) is 0 Å². The van der Waals surface area contributed by atoms with Gasteiger partial charge >= 0.3 is 6.09 Å². The van der Waals surface area contributed by atoms with Gasteiger partial charge in [0.2, 0.25) is 0 Å². The van der Waals surface area contributed by atoms with E-state index in [1.807, 2.05) is 37.8 Å². The minimum Gasteiger partial charge on any atom is -0.488 e. The second-order valence-corrected chi connectivity index (χ2v) is 13.3. The molecule has 2 aromatic heterocycles. The number of carbonyl (C=O) groups is 1. The van der Waals surface area contributed by atoms with Gasteiger partial charge < -0.3 is 19.3 Å². The molecule has 1 amide bonds. The molecule has 4 heterocycles. The predicted octanol–water partition coefficient (Wildman–Crippen LogP) is 5.11. The van der Waals surface area contributed by atoms with E-state index in [-0.39, 0.29) is 11.7 Å². The average molecular weight is 562 g/mol. The Balaban J connectivity index is 1.06. The van der Waals surface area contributed by atoms with Crippen molar-refractivity contribution in [2.45, 2.75) is 77.5 Å². The molecule has 6 rings (SSSR count). The molecule has 220 valence electrons. The van der Waals surface area contributed by atoms with E-state index in [1.165, 1.54) is 0 Å². The number of H-pyrrole nitrogens is 1. The summed E-state index contributed by atoms with van der Waals surface area (Å²) in [6.45, 7) is 15.6. The number of nitrogens with one attached hydrogen (secondary N) is 1. The van der Waals surface area contributed by atoms with Crippen molar-refractivity contribution in [2.24, 2.45) is 5.92 Å². The van der Waals surface area contributed by atoms with Crippen molar-refractivity contribution in [3.63, 3.8) is 0 Å². The molecule has 41 heavy (non-hydrogen) atoms. The van der Waals surface area contributed by atoms with Crippen molar-refractivity contribution >= 4 is 22.8 Å². The van der Waals surface area contributed by atoms with Crippen LogP contribution in [0.1, 0.15) is 60.3 Å². The van der Waals surface area contributed by atoms with Gasteiger partial charge in [0.25, 0.3) is 0 Å². The van der Waals surface area contributed by atoms with Crippen molar-refractivity contribution < 1.29 is 14.3 Å². The first kappa shape index (κ1) is 27.8. The molecule has 2 saturated heterocycles. The molecule has 3 fully saturated rings. The van der Waals surface area contributed by atoms with E-state index in [0.717, 1.165) is 98.8 Å². The van der Waals surface area contributed by atoms with Crippen LogP contribution in [0.15, 0.2) is 30.6 Å². The molecule has 1 saturated carbocycles. The largest absolute Gasteiger partial charge is 0.488 e. The molecule has 1 unspecified atom stereocenters. The summed E-state index contributed by atoms with van der Waals surface area (Å²) in [5, 5.41) is 8.75. The van der Waals surface area contributed by atoms with Crippen LogP contribution in [0.3, 0.4) is 0 Å². The highest BCUT2D eigenvalue weighted by Crippen LogP contribution is 2.40. The number of likely N-dealkylation sites (tertiary alicyclic amines) is 1. The highest BCUT2D eigenvalue weighted by atomic mass is 16.6. The van der Waals surface area contributed by atoms with Crippen molar-refractivity contribution in [2.75, 3.05) is 44.2 Å². The first-order valence-electron chi connectivity index (χ1n) is 15.0. The molecule has 0 spiro atoms. The summed E-state index contributed by atoms with van der Waals surface area (Å²) in [7, 11) is 0. The molecule has 0 bridgehead atoms. The maximum atomic E-state index is 12.4. The minimum absolute atomic E-state index is 0.0318. The molecule has 1 N–H and O–H groups in total. The molecular weight excluding hydrogens is 518 g/mol. The normalized spacial score (nSPS) is 21.7. The lowest BCUT2D eigenvalue weighted by atomic mass is 9.95. The van der Waals surface area contributed by atoms with Crippen LogP contribution in [-0.2, 0) is 4.74 Å². The van der Waals surface area contributed by atoms with Gasteiger partial charge in [-0.3, -0.25) is 10.00 Å². The number of piperidine rings is 1. The quantitative estimate of drug-likeness (QED) is 0.443. The number of amides is 1. The van der Waals surface area contributed by atoms with Crippen molar-refractivity contribution in [1.82, 2.24) is 30.0 Å². The van der Waals surface area contributed by atoms with Crippen LogP contribution in [0.2, 0.25) is 0 Å². The molecular formula is C31H43N7O3. The minimum atomic E-state index is -0.452. The van der Waals surface area contributed by atoms with Crippen molar-refractivity contribution in [3.05, 3.63) is 30.6 Å². The zero-order valence-electron chi connectivity index (χ0n) is 25.0. The van der Waals surface area contributed by atoms with Crippen LogP contribution in [-0.4, -0.2) is 92.6 Å². The van der Waals surface area contributed by atoms with Crippen LogP contribution < -0.4 is 9.64 Å². The van der Waals surface area contributed by atoms with Gasteiger partial charge in [0.15, 0.2) is 0 Å². The maximum Gasteiger partial charge on any atom is 0.410 e. The smallest absolute Gasteiger partial charge is 0.410 e. The monoisotopic (exact) mass is 561 g/mol. The highest BCUT2D eigenvalue weighted by Gasteiger charge is 2.40. The predicted molar refractivity (Wildman–Crippen MR) is 159 cm³/mol. The van der Waals surface area contributed by atoms with Gasteiger partial charge in [-0.25, -0.2) is 14.8 Å². The number of fused-ring (bicyclic) bond motifs is 1. The van der Waals surface area contributed by atoms with Gasteiger partial charge in [0.05, 0.1) is 11.2 Å². The van der Waals surface area contributed by atoms with Crippen LogP contribution in [0.4, 0.5) is 10.6 Å². The first-order chi connectivity index (χ1) is 19.6. The number of nitrogens with zero attached hydrogens (tertiary/aromatic N) is 6. The van der Waals surface area contributed by atoms with E-state index in [2.05, 4.69) is 55.9 Å². The fourth-order valence-electron chi connectivity index (χ4n) is 5.89. The van der Waals surface area contributed by atoms with E-state index < -0.39 is 5.60 Å². The van der Waals surface area contributed by atoms with Crippen LogP contribution in [0.5, 0.6) is 5.75 Å². The number of rotatable bonds is 6. The van der Waals surface area contributed by atoms with Gasteiger partial charge in [-0.1, -0.05) is 0 Å². The van der Waals surface area contributed by atoms with E-state index in [0.29, 0.717) is 12.0 Å². The summed E-state index contributed by atoms with van der Waals surface area (Å²) in [6.07, 6.45) is 5.68. The summed E-state index contributed by atoms with van der Waals surface area (Å²) in [4.78, 5) is 28.5. The van der Waals surface area contributed by atoms with E-state index in [1.54, 1.807) is 6.33 Å². The Hall–Kier alpha value is -3.40. The number of aromatic nitrogens is 4. The number of anilines is 1. The molecule has 1 atom stereocenters. The molecule has 0 radical (unpaired) electrons. The number of ether oxygens (including phenoxy) is 2. The third-order valence-electron chi connectivity index (χ3n) is 8.60. The fraction of sp³-hybridized carbons (Fsp3) is 0.613. The Bertz CT molecular complexity index is 1390. The lowest BCUT2D eigenvalue weighted by molar-refractivity contribution is 0.0161. The lowest BCUT2D eigenvalue weighted by Crippen LogP contribution is -2.54. The zero-order chi connectivity index (χ0) is 28.8. The van der Waals surface area contributed by atoms with Crippen LogP contribution in [0.25, 0.3) is 22.3 Å². The van der Waals surface area contributed by atoms with Gasteiger partial charge in [0.1, 0.15) is 34.8 Å². The van der Waals surface area contributed by atoms with Gasteiger partial charge in [-0.05, 0) is 84.4 Å². The summed E-state index contributed by atoms with van der Waals surface area (Å²) >= 11 is 0. The maximum absolute atomic E-state index is 12.4. The van der Waals surface area contributed by atoms with Crippen molar-refractivity contribution in [3.8, 4) is 17.1 Å². The molecule has 2 aliphatic heterocycles. The molecule has 10 heteroatoms. The van der Waals surface area contributed by atoms with Crippen LogP contribution in [0, 0.1) is 5.92 Å². The van der Waals surface area contributed by atoms with E-state index in [9.17, 15) is 4.79 Å². The van der Waals surface area contributed by atoms with Gasteiger partial charge in [0, 0.05) is 56.8 Å². The average Bonchev–Trinajstić information content (AvgIpc) is 3.51. The number of benzene rings is 1. The second-order valence-electron chi connectivity index (χ2n) is 13.3. The topological polar surface area (TPSA) is 99.7 Å². The molecule has 1 aromatic carbocycles. The number of piperazine rings is 1. The molecule has 3 aromatic rings. The summed E-state index contributed by atoms with van der Waals surface area (Å²) in [5.41, 5.74) is 2.11. The number of hydrogen-bond donors (Lipinski definition) is 1. The Kier molecular flexibility index (Phi) is 7.30. The Morgan fingerprint density at radius 3 is 2.59 bits per heavy atom. The van der Waals surface area contributed by atoms with Crippen LogP contribution >= 0.6 is 0 Å². The Morgan fingerprint density at radius 1 is 1.10 bits per heavy atom. The first-order valence-corrected chi connectivity index (χ1v) is 15.0. The summed E-state index contributed by atoms with van der Waals surface area (Å²) in [5.74, 6) is 2.40. The number of hydrogen-bond acceptors (Lipinski definition) is 8. The van der Waals surface area contributed by atoms with E-state index in [4.69, 9.17) is 9.47 Å². The second kappa shape index (κ2) is 10.8. The number of aromatic amines is 1. The lowest BCUT2D eigenvalue weighted by Gasteiger charge is -2.43. The Morgan fingerprint density at radius 2 is 1.88 bits per heavy atom. The highest BCUT2D eigenvalue weighted by molar-refractivity contribution is 5.93. The summed E-state index contributed by atoms with van der Waals surface area (Å²) < 4.78 is 11.8. The zero-order valence-corrected chi connectivity index (χ0v) is 25.0. The SMILES string of the molecule is CC1CN(c2cc(-c3n[nH]c4ccc(OC5(C)CC5)cc34)ncn2)CCN1CC1CCN(C(=O)OC(C)(C)C)CC1. The molecule has 3 aliphatic rings. The summed E-state index contributed by atoms with van der Waals surface area (Å²) in [6, 6.07) is 8.56. The Labute approximate surface area is 242 Å². The van der Waals surface area contributed by atoms with Gasteiger partial charge in [-0.15, -0.1) is 0 Å². The fourth-order valence-corrected chi connectivity index (χ4v) is 5.89. The molecule has 1 aliphatic carbocycles. The molecule has 10 nitrogen and oxygen atoms in total. The van der Waals surface area contributed by atoms with Gasteiger partial charge in [-0.2, -0.15) is 5.10 Å².